The highest BCUT2D eigenvalue weighted by atomic mass is 32.2. The average molecular weight is 608 g/mol. The second kappa shape index (κ2) is 11.1. The maximum atomic E-state index is 10.2. The third-order valence-corrected chi connectivity index (χ3v) is 10.2. The molecule has 0 radical (unpaired) electrons. The van der Waals surface area contributed by atoms with Gasteiger partial charge >= 0.3 is 0 Å². The molecule has 218 valence electrons. The van der Waals surface area contributed by atoms with Crippen LogP contribution in [0, 0.1) is 11.3 Å². The van der Waals surface area contributed by atoms with Crippen molar-refractivity contribution >= 4 is 22.5 Å². The van der Waals surface area contributed by atoms with E-state index in [9.17, 15) is 5.26 Å². The molecule has 0 N–H and O–H groups in total. The lowest BCUT2D eigenvalue weighted by Crippen LogP contribution is -2.25. The molecular formula is C42H29N3S. The van der Waals surface area contributed by atoms with Gasteiger partial charge in [0.15, 0.2) is 5.82 Å². The van der Waals surface area contributed by atoms with Crippen molar-refractivity contribution in [3.63, 3.8) is 0 Å². The number of hydrogen-bond donors (Lipinski definition) is 0. The summed E-state index contributed by atoms with van der Waals surface area (Å²) in [6.07, 6.45) is 0. The normalized spacial score (nSPS) is 13.1. The first kappa shape index (κ1) is 28.0. The van der Waals surface area contributed by atoms with Crippen molar-refractivity contribution in [2.24, 2.45) is 0 Å². The third-order valence-electron chi connectivity index (χ3n) is 8.97. The van der Waals surface area contributed by atoms with E-state index in [1.54, 1.807) is 11.8 Å². The second-order valence-electron chi connectivity index (χ2n) is 12.1. The second-order valence-corrected chi connectivity index (χ2v) is 13.2. The van der Waals surface area contributed by atoms with Crippen LogP contribution < -0.4 is 0 Å². The van der Waals surface area contributed by atoms with Crippen LogP contribution in [0.15, 0.2) is 149 Å². The minimum absolute atomic E-state index is 0.305. The standard InChI is InChI=1S/C42H29N3S/c1-42(2)35-20-8-9-21-38(35)46-40-33(23-22-31(26-43)39(40)42)29-16-10-17-30(24-29)36-25-37(45-41(44-36)28-13-4-3-5-14-28)34-19-11-15-27-12-6-7-18-32(27)34/h3-25H,1-2H3. The van der Waals surface area contributed by atoms with Crippen molar-refractivity contribution in [3.05, 3.63) is 156 Å². The van der Waals surface area contributed by atoms with Gasteiger partial charge in [-0.15, -0.1) is 0 Å². The fourth-order valence-corrected chi connectivity index (χ4v) is 8.25. The quantitative estimate of drug-likeness (QED) is 0.200. The van der Waals surface area contributed by atoms with Gasteiger partial charge < -0.3 is 0 Å². The highest BCUT2D eigenvalue weighted by Gasteiger charge is 2.36. The van der Waals surface area contributed by atoms with E-state index in [1.807, 2.05) is 24.3 Å². The molecule has 46 heavy (non-hydrogen) atoms. The molecule has 0 bridgehead atoms. The molecule has 0 saturated carbocycles. The molecule has 1 aliphatic rings. The summed E-state index contributed by atoms with van der Waals surface area (Å²) in [5.41, 5.74) is 9.79. The van der Waals surface area contributed by atoms with Gasteiger partial charge in [-0.25, -0.2) is 9.97 Å². The molecule has 8 rings (SSSR count). The number of nitrogens with zero attached hydrogens (tertiary/aromatic N) is 3. The summed E-state index contributed by atoms with van der Waals surface area (Å²) in [6.45, 7) is 4.46. The van der Waals surface area contributed by atoms with Gasteiger partial charge in [0.05, 0.1) is 23.0 Å². The fourth-order valence-electron chi connectivity index (χ4n) is 6.69. The van der Waals surface area contributed by atoms with Gasteiger partial charge in [-0.2, -0.15) is 5.26 Å². The van der Waals surface area contributed by atoms with E-state index in [1.165, 1.54) is 15.8 Å². The van der Waals surface area contributed by atoms with Crippen molar-refractivity contribution in [2.45, 2.75) is 29.1 Å². The number of aromatic nitrogens is 2. The summed E-state index contributed by atoms with van der Waals surface area (Å²) in [5.74, 6) is 0.691. The van der Waals surface area contributed by atoms with Gasteiger partial charge in [-0.1, -0.05) is 141 Å². The Kier molecular flexibility index (Phi) is 6.78. The molecule has 0 unspecified atom stereocenters. The summed E-state index contributed by atoms with van der Waals surface area (Å²) in [5, 5.41) is 12.5. The lowest BCUT2D eigenvalue weighted by atomic mass is 9.75. The summed E-state index contributed by atoms with van der Waals surface area (Å²) >= 11 is 1.76. The van der Waals surface area contributed by atoms with E-state index in [0.29, 0.717) is 5.82 Å². The molecule has 6 aromatic carbocycles. The van der Waals surface area contributed by atoms with Gasteiger partial charge in [0.2, 0.25) is 0 Å². The van der Waals surface area contributed by atoms with Crippen LogP contribution in [0.4, 0.5) is 0 Å². The molecule has 0 amide bonds. The van der Waals surface area contributed by atoms with Crippen LogP contribution >= 0.6 is 11.8 Å². The van der Waals surface area contributed by atoms with E-state index < -0.39 is 0 Å². The molecule has 4 heteroatoms. The van der Waals surface area contributed by atoms with Gasteiger partial charge in [-0.3, -0.25) is 0 Å². The highest BCUT2D eigenvalue weighted by Crippen LogP contribution is 2.53. The Morgan fingerprint density at radius 3 is 2.17 bits per heavy atom. The predicted octanol–water partition coefficient (Wildman–Crippen LogP) is 11.0. The Morgan fingerprint density at radius 2 is 1.30 bits per heavy atom. The molecule has 0 fully saturated rings. The number of hydrogen-bond acceptors (Lipinski definition) is 4. The maximum absolute atomic E-state index is 10.2. The van der Waals surface area contributed by atoms with Gasteiger partial charge in [-0.05, 0) is 57.3 Å². The van der Waals surface area contributed by atoms with Crippen LogP contribution in [0.5, 0.6) is 0 Å². The molecule has 0 saturated heterocycles. The molecule has 1 aromatic heterocycles. The maximum Gasteiger partial charge on any atom is 0.160 e. The monoisotopic (exact) mass is 607 g/mol. The Morgan fingerprint density at radius 1 is 0.609 bits per heavy atom. The number of fused-ring (bicyclic) bond motifs is 3. The van der Waals surface area contributed by atoms with E-state index in [0.717, 1.165) is 60.6 Å². The zero-order valence-corrected chi connectivity index (χ0v) is 26.3. The Bertz CT molecular complexity index is 2330. The fraction of sp³-hybridized carbons (Fsp3) is 0.0714. The SMILES string of the molecule is CC1(C)c2ccccc2Sc2c(-c3cccc(-c4cc(-c5cccc6ccccc56)nc(-c5ccccc5)n4)c3)ccc(C#N)c21. The smallest absolute Gasteiger partial charge is 0.160 e. The largest absolute Gasteiger partial charge is 0.228 e. The molecule has 7 aromatic rings. The molecule has 3 nitrogen and oxygen atoms in total. The van der Waals surface area contributed by atoms with E-state index >= 15 is 0 Å². The molecule has 2 heterocycles. The van der Waals surface area contributed by atoms with Crippen LogP contribution in [0.2, 0.25) is 0 Å². The van der Waals surface area contributed by atoms with Crippen molar-refractivity contribution in [3.8, 4) is 51.1 Å². The molecule has 0 atom stereocenters. The Balaban J connectivity index is 1.31. The van der Waals surface area contributed by atoms with Crippen molar-refractivity contribution in [1.29, 1.82) is 5.26 Å². The zero-order valence-electron chi connectivity index (χ0n) is 25.5. The van der Waals surface area contributed by atoms with Crippen molar-refractivity contribution < 1.29 is 0 Å². The molecule has 0 aliphatic carbocycles. The van der Waals surface area contributed by atoms with Gasteiger partial charge in [0.25, 0.3) is 0 Å². The van der Waals surface area contributed by atoms with Crippen LogP contribution in [-0.4, -0.2) is 9.97 Å². The van der Waals surface area contributed by atoms with Crippen molar-refractivity contribution in [1.82, 2.24) is 9.97 Å². The predicted molar refractivity (Wildman–Crippen MR) is 189 cm³/mol. The molecule has 1 aliphatic heterocycles. The number of benzene rings is 6. The topological polar surface area (TPSA) is 49.6 Å². The van der Waals surface area contributed by atoms with E-state index in [2.05, 4.69) is 135 Å². The van der Waals surface area contributed by atoms with Crippen LogP contribution in [0.1, 0.15) is 30.5 Å². The molecule has 0 spiro atoms. The first-order valence-electron chi connectivity index (χ1n) is 15.4. The lowest BCUT2D eigenvalue weighted by molar-refractivity contribution is 0.606. The zero-order chi connectivity index (χ0) is 31.3. The lowest BCUT2D eigenvalue weighted by Gasteiger charge is -2.36. The van der Waals surface area contributed by atoms with Gasteiger partial charge in [0.1, 0.15) is 0 Å². The summed E-state index contributed by atoms with van der Waals surface area (Å²) in [6, 6.07) is 50.8. The Hall–Kier alpha value is -5.50. The highest BCUT2D eigenvalue weighted by molar-refractivity contribution is 7.99. The average Bonchev–Trinajstić information content (AvgIpc) is 3.11. The van der Waals surface area contributed by atoms with Crippen LogP contribution in [-0.2, 0) is 5.41 Å². The minimum atomic E-state index is -0.305. The van der Waals surface area contributed by atoms with Crippen LogP contribution in [0.3, 0.4) is 0 Å². The minimum Gasteiger partial charge on any atom is -0.228 e. The Labute approximate surface area is 273 Å². The third kappa shape index (κ3) is 4.68. The summed E-state index contributed by atoms with van der Waals surface area (Å²) < 4.78 is 0. The summed E-state index contributed by atoms with van der Waals surface area (Å²) in [7, 11) is 0. The van der Waals surface area contributed by atoms with Gasteiger partial charge in [0, 0.05) is 31.9 Å². The van der Waals surface area contributed by atoms with Crippen LogP contribution in [0.25, 0.3) is 55.8 Å². The first-order valence-corrected chi connectivity index (χ1v) is 16.2. The van der Waals surface area contributed by atoms with E-state index in [4.69, 9.17) is 9.97 Å². The number of rotatable bonds is 4. The summed E-state index contributed by atoms with van der Waals surface area (Å²) in [4.78, 5) is 12.6. The number of nitriles is 1. The molecular weight excluding hydrogens is 579 g/mol. The van der Waals surface area contributed by atoms with Crippen molar-refractivity contribution in [2.75, 3.05) is 0 Å². The first-order chi connectivity index (χ1) is 22.5. The van der Waals surface area contributed by atoms with E-state index in [-0.39, 0.29) is 5.41 Å².